The van der Waals surface area contributed by atoms with Crippen molar-refractivity contribution in [3.8, 4) is 5.69 Å². The largest absolute Gasteiger partial charge is 0.318 e. The summed E-state index contributed by atoms with van der Waals surface area (Å²) >= 11 is 7.43. The normalized spacial score (nSPS) is 16.6. The average molecular weight is 501 g/mol. The van der Waals surface area contributed by atoms with Crippen molar-refractivity contribution in [1.29, 1.82) is 0 Å². The van der Waals surface area contributed by atoms with Gasteiger partial charge in [0.25, 0.3) is 5.91 Å². The second-order valence-corrected chi connectivity index (χ2v) is 10.6. The molecular formula is C23H21ClN4O3S2. The molecule has 3 N–H and O–H groups in total. The molecule has 1 saturated heterocycles. The number of nitrogens with one attached hydrogen (secondary N) is 1. The van der Waals surface area contributed by atoms with Gasteiger partial charge in [-0.1, -0.05) is 17.7 Å². The molecule has 3 aromatic rings. The third-order valence-electron chi connectivity index (χ3n) is 5.29. The number of hydrogen-bond donors (Lipinski definition) is 2. The van der Waals surface area contributed by atoms with Crippen molar-refractivity contribution in [3.05, 3.63) is 81.0 Å². The van der Waals surface area contributed by atoms with Crippen molar-refractivity contribution < 1.29 is 13.2 Å². The van der Waals surface area contributed by atoms with E-state index in [9.17, 15) is 13.2 Å². The Morgan fingerprint density at radius 3 is 2.48 bits per heavy atom. The highest BCUT2D eigenvalue weighted by Gasteiger charge is 2.25. The van der Waals surface area contributed by atoms with E-state index in [1.54, 1.807) is 18.2 Å². The van der Waals surface area contributed by atoms with E-state index in [0.29, 0.717) is 20.8 Å². The molecule has 0 radical (unpaired) electrons. The third kappa shape index (κ3) is 4.77. The monoisotopic (exact) mass is 500 g/mol. The molecule has 0 spiro atoms. The molecule has 7 nitrogen and oxygen atoms in total. The van der Waals surface area contributed by atoms with Crippen LogP contribution < -0.4 is 10.5 Å². The highest BCUT2D eigenvalue weighted by Crippen LogP contribution is 2.32. The molecule has 0 unspecified atom stereocenters. The third-order valence-corrected chi connectivity index (χ3v) is 7.54. The summed E-state index contributed by atoms with van der Waals surface area (Å²) in [6.45, 7) is 5.76. The molecule has 170 valence electrons. The number of nitrogens with zero attached hydrogens (tertiary/aromatic N) is 2. The van der Waals surface area contributed by atoms with Gasteiger partial charge >= 0.3 is 0 Å². The first-order valence-corrected chi connectivity index (χ1v) is 12.7. The number of carbonyl (C=O) groups is 1. The highest BCUT2D eigenvalue weighted by molar-refractivity contribution is 8.18. The lowest BCUT2D eigenvalue weighted by atomic mass is 10.2. The van der Waals surface area contributed by atoms with Crippen LogP contribution in [0.4, 0.5) is 5.69 Å². The first-order chi connectivity index (χ1) is 15.5. The van der Waals surface area contributed by atoms with Crippen molar-refractivity contribution in [2.75, 3.05) is 0 Å². The van der Waals surface area contributed by atoms with E-state index in [2.05, 4.69) is 10.3 Å². The van der Waals surface area contributed by atoms with Crippen LogP contribution in [0.15, 0.2) is 63.3 Å². The number of amidine groups is 1. The fourth-order valence-corrected chi connectivity index (χ4v) is 5.07. The van der Waals surface area contributed by atoms with Crippen LogP contribution in [0.2, 0.25) is 5.02 Å². The van der Waals surface area contributed by atoms with Gasteiger partial charge < -0.3 is 9.88 Å². The number of rotatable bonds is 4. The first kappa shape index (κ1) is 23.3. The number of amides is 1. The van der Waals surface area contributed by atoms with E-state index in [4.69, 9.17) is 16.7 Å². The highest BCUT2D eigenvalue weighted by atomic mass is 35.5. The maximum Gasteiger partial charge on any atom is 0.264 e. The minimum atomic E-state index is -3.76. The number of aliphatic imine (C=N–C) groups is 1. The molecule has 1 aromatic heterocycles. The molecule has 1 fully saturated rings. The minimum absolute atomic E-state index is 0.0526. The number of halogens is 1. The number of sulfonamides is 1. The Hall–Kier alpha value is -2.85. The SMILES string of the molecule is Cc1c(Cl)cccc1N=C1NC(=O)/C(=C/c2cc(C)n(-c3ccc(S(N)(=O)=O)cc3)c2C)S1. The summed E-state index contributed by atoms with van der Waals surface area (Å²) in [5.74, 6) is -0.222. The minimum Gasteiger partial charge on any atom is -0.318 e. The Kier molecular flexibility index (Phi) is 6.24. The maximum atomic E-state index is 12.6. The molecular weight excluding hydrogens is 480 g/mol. The molecule has 33 heavy (non-hydrogen) atoms. The smallest absolute Gasteiger partial charge is 0.264 e. The molecule has 0 bridgehead atoms. The van der Waals surface area contributed by atoms with E-state index >= 15 is 0 Å². The fourth-order valence-electron chi connectivity index (χ4n) is 3.56. The summed E-state index contributed by atoms with van der Waals surface area (Å²) in [4.78, 5) is 17.7. The Bertz CT molecular complexity index is 1440. The van der Waals surface area contributed by atoms with Crippen molar-refractivity contribution in [1.82, 2.24) is 9.88 Å². The molecule has 0 aliphatic carbocycles. The van der Waals surface area contributed by atoms with Gasteiger partial charge in [0.15, 0.2) is 5.17 Å². The zero-order valence-electron chi connectivity index (χ0n) is 18.1. The van der Waals surface area contributed by atoms with Crippen LogP contribution in [0, 0.1) is 20.8 Å². The number of primary sulfonamides is 1. The molecule has 0 atom stereocenters. The summed E-state index contributed by atoms with van der Waals surface area (Å²) in [6, 6.07) is 13.8. The standard InChI is InChI=1S/C23H21ClN4O3S2/c1-13-11-16(15(3)28(13)17-7-9-18(10-8-17)33(25,30)31)12-21-22(29)27-23(32-21)26-20-6-4-5-19(24)14(20)2/h4-12H,1-3H3,(H2,25,30,31)(H,26,27,29)/b21-12-. The van der Waals surface area contributed by atoms with E-state index in [1.807, 2.05) is 49.6 Å². The summed E-state index contributed by atoms with van der Waals surface area (Å²) in [5.41, 5.74) is 5.07. The van der Waals surface area contributed by atoms with Gasteiger partial charge in [-0.05, 0) is 92.2 Å². The van der Waals surface area contributed by atoms with Gasteiger partial charge in [-0.25, -0.2) is 18.5 Å². The van der Waals surface area contributed by atoms with Crippen LogP contribution in [0.25, 0.3) is 11.8 Å². The zero-order chi connectivity index (χ0) is 23.9. The van der Waals surface area contributed by atoms with Crippen LogP contribution in [0.3, 0.4) is 0 Å². The van der Waals surface area contributed by atoms with Gasteiger partial charge in [0.1, 0.15) is 0 Å². The van der Waals surface area contributed by atoms with E-state index in [-0.39, 0.29) is 10.8 Å². The lowest BCUT2D eigenvalue weighted by molar-refractivity contribution is -0.115. The van der Waals surface area contributed by atoms with Crippen LogP contribution >= 0.6 is 23.4 Å². The number of thioether (sulfide) groups is 1. The first-order valence-electron chi connectivity index (χ1n) is 9.91. The van der Waals surface area contributed by atoms with Crippen LogP contribution in [0.5, 0.6) is 0 Å². The Morgan fingerprint density at radius 1 is 1.12 bits per heavy atom. The van der Waals surface area contributed by atoms with Crippen molar-refractivity contribution in [3.63, 3.8) is 0 Å². The zero-order valence-corrected chi connectivity index (χ0v) is 20.5. The second kappa shape index (κ2) is 8.83. The van der Waals surface area contributed by atoms with Crippen LogP contribution in [-0.2, 0) is 14.8 Å². The van der Waals surface area contributed by atoms with Gasteiger partial charge in [0.05, 0.1) is 15.5 Å². The maximum absolute atomic E-state index is 12.6. The fraction of sp³-hybridized carbons (Fsp3) is 0.130. The van der Waals surface area contributed by atoms with Gasteiger partial charge in [-0.15, -0.1) is 0 Å². The van der Waals surface area contributed by atoms with Gasteiger partial charge in [0, 0.05) is 22.1 Å². The van der Waals surface area contributed by atoms with E-state index < -0.39 is 10.0 Å². The van der Waals surface area contributed by atoms with Crippen molar-refractivity contribution in [2.45, 2.75) is 25.7 Å². The number of carbonyl (C=O) groups excluding carboxylic acids is 1. The number of hydrogen-bond acceptors (Lipinski definition) is 5. The number of aromatic nitrogens is 1. The quantitative estimate of drug-likeness (QED) is 0.510. The number of benzene rings is 2. The average Bonchev–Trinajstić information content (AvgIpc) is 3.23. The molecule has 0 saturated carbocycles. The van der Waals surface area contributed by atoms with E-state index in [0.717, 1.165) is 28.2 Å². The molecule has 10 heteroatoms. The Morgan fingerprint density at radius 2 is 1.82 bits per heavy atom. The van der Waals surface area contributed by atoms with Crippen LogP contribution in [0.1, 0.15) is 22.5 Å². The molecule has 1 aliphatic heterocycles. The predicted molar refractivity (Wildman–Crippen MR) is 134 cm³/mol. The van der Waals surface area contributed by atoms with E-state index in [1.165, 1.54) is 23.9 Å². The predicted octanol–water partition coefficient (Wildman–Crippen LogP) is 4.59. The second-order valence-electron chi connectivity index (χ2n) is 7.57. The van der Waals surface area contributed by atoms with Crippen molar-refractivity contribution >= 4 is 56.2 Å². The van der Waals surface area contributed by atoms with Crippen molar-refractivity contribution in [2.24, 2.45) is 10.1 Å². The molecule has 1 aliphatic rings. The summed E-state index contributed by atoms with van der Waals surface area (Å²) < 4.78 is 25.0. The van der Waals surface area contributed by atoms with Gasteiger partial charge in [-0.2, -0.15) is 0 Å². The Balaban J connectivity index is 1.64. The molecule has 1 amide bonds. The summed E-state index contributed by atoms with van der Waals surface area (Å²) in [7, 11) is -3.76. The summed E-state index contributed by atoms with van der Waals surface area (Å²) in [5, 5.41) is 9.10. The molecule has 4 rings (SSSR count). The van der Waals surface area contributed by atoms with Gasteiger partial charge in [-0.3, -0.25) is 4.79 Å². The van der Waals surface area contributed by atoms with Crippen LogP contribution in [-0.4, -0.2) is 24.1 Å². The number of aryl methyl sites for hydroxylation is 1. The lowest BCUT2D eigenvalue weighted by Gasteiger charge is -2.10. The Labute approximate surface area is 201 Å². The number of nitrogens with two attached hydrogens (primary N) is 1. The lowest BCUT2D eigenvalue weighted by Crippen LogP contribution is -2.19. The molecule has 2 heterocycles. The summed E-state index contributed by atoms with van der Waals surface area (Å²) in [6.07, 6.45) is 1.82. The van der Waals surface area contributed by atoms with Gasteiger partial charge in [0.2, 0.25) is 10.0 Å². The molecule has 2 aromatic carbocycles. The topological polar surface area (TPSA) is 107 Å².